The maximum atomic E-state index is 11.6. The van der Waals surface area contributed by atoms with Crippen LogP contribution in [0, 0.1) is 0 Å². The standard InChI is InChI=1S/C17H16O2/c18-17(14-16-10-5-2-6-11-16)19-13-7-12-15-8-3-1-4-9-15/h1-12H,13-14H2/b12-7+. The summed E-state index contributed by atoms with van der Waals surface area (Å²) in [5.41, 5.74) is 2.07. The van der Waals surface area contributed by atoms with Crippen LogP contribution in [-0.2, 0) is 16.0 Å². The zero-order valence-electron chi connectivity index (χ0n) is 10.7. The van der Waals surface area contributed by atoms with Gasteiger partial charge in [0.25, 0.3) is 0 Å². The van der Waals surface area contributed by atoms with Crippen molar-refractivity contribution in [1.82, 2.24) is 0 Å². The van der Waals surface area contributed by atoms with Gasteiger partial charge in [-0.2, -0.15) is 0 Å². The van der Waals surface area contributed by atoms with E-state index in [-0.39, 0.29) is 5.97 Å². The number of carbonyl (C=O) groups excluding carboxylic acids is 1. The molecule has 0 aromatic heterocycles. The van der Waals surface area contributed by atoms with Crippen LogP contribution in [0.5, 0.6) is 0 Å². The summed E-state index contributed by atoms with van der Waals surface area (Å²) in [6.45, 7) is 0.306. The Balaban J connectivity index is 1.74. The molecule has 96 valence electrons. The molecule has 0 saturated heterocycles. The average Bonchev–Trinajstić information content (AvgIpc) is 2.46. The van der Waals surface area contributed by atoms with Crippen LogP contribution in [0.3, 0.4) is 0 Å². The summed E-state index contributed by atoms with van der Waals surface area (Å²) >= 11 is 0. The Morgan fingerprint density at radius 2 is 1.58 bits per heavy atom. The Hall–Kier alpha value is -2.35. The fraction of sp³-hybridized carbons (Fsp3) is 0.118. The van der Waals surface area contributed by atoms with E-state index in [9.17, 15) is 4.79 Å². The first-order valence-electron chi connectivity index (χ1n) is 6.26. The summed E-state index contributed by atoms with van der Waals surface area (Å²) < 4.78 is 5.14. The molecule has 0 aliphatic carbocycles. The summed E-state index contributed by atoms with van der Waals surface area (Å²) in [5, 5.41) is 0. The zero-order chi connectivity index (χ0) is 13.3. The lowest BCUT2D eigenvalue weighted by atomic mass is 10.2. The van der Waals surface area contributed by atoms with Gasteiger partial charge in [-0.15, -0.1) is 0 Å². The first kappa shape index (κ1) is 13.1. The molecule has 19 heavy (non-hydrogen) atoms. The van der Waals surface area contributed by atoms with Gasteiger partial charge in [-0.3, -0.25) is 4.79 Å². The van der Waals surface area contributed by atoms with Crippen molar-refractivity contribution in [2.24, 2.45) is 0 Å². The minimum Gasteiger partial charge on any atom is -0.461 e. The molecule has 2 aromatic carbocycles. The highest BCUT2D eigenvalue weighted by Crippen LogP contribution is 2.02. The molecule has 0 radical (unpaired) electrons. The van der Waals surface area contributed by atoms with Crippen LogP contribution in [0.4, 0.5) is 0 Å². The number of carbonyl (C=O) groups is 1. The second kappa shape index (κ2) is 7.17. The highest BCUT2D eigenvalue weighted by Gasteiger charge is 2.02. The van der Waals surface area contributed by atoms with Gasteiger partial charge in [0, 0.05) is 0 Å². The van der Waals surface area contributed by atoms with Gasteiger partial charge in [0.05, 0.1) is 6.42 Å². The van der Waals surface area contributed by atoms with E-state index in [1.807, 2.05) is 72.8 Å². The monoisotopic (exact) mass is 252 g/mol. The van der Waals surface area contributed by atoms with E-state index >= 15 is 0 Å². The van der Waals surface area contributed by atoms with Gasteiger partial charge in [0.2, 0.25) is 0 Å². The molecule has 0 unspecified atom stereocenters. The van der Waals surface area contributed by atoms with Crippen LogP contribution in [0.15, 0.2) is 66.7 Å². The first-order valence-corrected chi connectivity index (χ1v) is 6.26. The van der Waals surface area contributed by atoms with E-state index in [1.54, 1.807) is 0 Å². The molecule has 0 spiro atoms. The number of hydrogen-bond donors (Lipinski definition) is 0. The number of rotatable bonds is 5. The van der Waals surface area contributed by atoms with Crippen molar-refractivity contribution >= 4 is 12.0 Å². The average molecular weight is 252 g/mol. The SMILES string of the molecule is O=C(Cc1ccccc1)OC/C=C/c1ccccc1. The molecule has 0 N–H and O–H groups in total. The first-order chi connectivity index (χ1) is 9.34. The lowest BCUT2D eigenvalue weighted by Crippen LogP contribution is -2.07. The molecule has 2 aromatic rings. The lowest BCUT2D eigenvalue weighted by molar-refractivity contribution is -0.141. The van der Waals surface area contributed by atoms with Crippen LogP contribution in [0.1, 0.15) is 11.1 Å². The van der Waals surface area contributed by atoms with Crippen LogP contribution in [-0.4, -0.2) is 12.6 Å². The number of esters is 1. The minimum absolute atomic E-state index is 0.205. The van der Waals surface area contributed by atoms with Crippen molar-refractivity contribution in [3.05, 3.63) is 77.9 Å². The fourth-order valence-electron chi connectivity index (χ4n) is 1.70. The van der Waals surface area contributed by atoms with Crippen LogP contribution in [0.25, 0.3) is 6.08 Å². The predicted octanol–water partition coefficient (Wildman–Crippen LogP) is 3.49. The van der Waals surface area contributed by atoms with Gasteiger partial charge in [-0.05, 0) is 17.2 Å². The number of benzene rings is 2. The highest BCUT2D eigenvalue weighted by molar-refractivity contribution is 5.72. The predicted molar refractivity (Wildman–Crippen MR) is 76.6 cm³/mol. The van der Waals surface area contributed by atoms with Crippen molar-refractivity contribution in [1.29, 1.82) is 0 Å². The molecular weight excluding hydrogens is 236 g/mol. The molecule has 0 bridgehead atoms. The van der Waals surface area contributed by atoms with Crippen LogP contribution in [0.2, 0.25) is 0 Å². The quantitative estimate of drug-likeness (QED) is 0.761. The van der Waals surface area contributed by atoms with E-state index in [4.69, 9.17) is 4.74 Å². The fourth-order valence-corrected chi connectivity index (χ4v) is 1.70. The van der Waals surface area contributed by atoms with Crippen LogP contribution >= 0.6 is 0 Å². The van der Waals surface area contributed by atoms with Crippen molar-refractivity contribution in [2.45, 2.75) is 6.42 Å². The van der Waals surface area contributed by atoms with E-state index in [0.29, 0.717) is 13.0 Å². The Morgan fingerprint density at radius 3 is 2.26 bits per heavy atom. The summed E-state index contributed by atoms with van der Waals surface area (Å²) in [7, 11) is 0. The summed E-state index contributed by atoms with van der Waals surface area (Å²) in [5.74, 6) is -0.205. The van der Waals surface area contributed by atoms with Gasteiger partial charge >= 0.3 is 5.97 Å². The number of hydrogen-bond acceptors (Lipinski definition) is 2. The normalized spacial score (nSPS) is 10.5. The molecule has 0 amide bonds. The van der Waals surface area contributed by atoms with Gasteiger partial charge < -0.3 is 4.74 Å². The lowest BCUT2D eigenvalue weighted by Gasteiger charge is -2.01. The molecule has 2 rings (SSSR count). The topological polar surface area (TPSA) is 26.3 Å². The van der Waals surface area contributed by atoms with Gasteiger partial charge in [0.1, 0.15) is 6.61 Å². The van der Waals surface area contributed by atoms with E-state index in [1.165, 1.54) is 0 Å². The van der Waals surface area contributed by atoms with E-state index in [0.717, 1.165) is 11.1 Å². The van der Waals surface area contributed by atoms with Gasteiger partial charge in [-0.25, -0.2) is 0 Å². The number of ether oxygens (including phenoxy) is 1. The Bertz CT molecular complexity index is 530. The largest absolute Gasteiger partial charge is 0.461 e. The Kier molecular flexibility index (Phi) is 4.94. The molecule has 0 atom stereocenters. The molecular formula is C17H16O2. The molecule has 0 heterocycles. The highest BCUT2D eigenvalue weighted by atomic mass is 16.5. The maximum absolute atomic E-state index is 11.6. The van der Waals surface area contributed by atoms with Gasteiger partial charge in [0.15, 0.2) is 0 Å². The summed E-state index contributed by atoms with van der Waals surface area (Å²) in [4.78, 5) is 11.6. The summed E-state index contributed by atoms with van der Waals surface area (Å²) in [6, 6.07) is 19.5. The third-order valence-corrected chi connectivity index (χ3v) is 2.64. The second-order valence-corrected chi connectivity index (χ2v) is 4.16. The van der Waals surface area contributed by atoms with Crippen LogP contribution < -0.4 is 0 Å². The third-order valence-electron chi connectivity index (χ3n) is 2.64. The molecule has 2 nitrogen and oxygen atoms in total. The van der Waals surface area contributed by atoms with E-state index < -0.39 is 0 Å². The van der Waals surface area contributed by atoms with E-state index in [2.05, 4.69) is 0 Å². The smallest absolute Gasteiger partial charge is 0.310 e. The molecule has 0 saturated carbocycles. The minimum atomic E-state index is -0.205. The summed E-state index contributed by atoms with van der Waals surface area (Å²) in [6.07, 6.45) is 4.11. The Labute approximate surface area is 113 Å². The maximum Gasteiger partial charge on any atom is 0.310 e. The second-order valence-electron chi connectivity index (χ2n) is 4.16. The third kappa shape index (κ3) is 4.80. The van der Waals surface area contributed by atoms with Crippen molar-refractivity contribution < 1.29 is 9.53 Å². The molecule has 0 aliphatic rings. The van der Waals surface area contributed by atoms with Gasteiger partial charge in [-0.1, -0.05) is 66.7 Å². The van der Waals surface area contributed by atoms with Crippen molar-refractivity contribution in [3.8, 4) is 0 Å². The van der Waals surface area contributed by atoms with Crippen molar-refractivity contribution in [2.75, 3.05) is 6.61 Å². The zero-order valence-corrected chi connectivity index (χ0v) is 10.7. The molecule has 0 aliphatic heterocycles. The molecule has 0 fully saturated rings. The van der Waals surface area contributed by atoms with Crippen molar-refractivity contribution in [3.63, 3.8) is 0 Å². The Morgan fingerprint density at radius 1 is 0.947 bits per heavy atom. The molecule has 2 heteroatoms.